The van der Waals surface area contributed by atoms with Crippen LogP contribution in [-0.2, 0) is 11.2 Å². The van der Waals surface area contributed by atoms with Crippen molar-refractivity contribution in [2.24, 2.45) is 0 Å². The van der Waals surface area contributed by atoms with E-state index < -0.39 is 12.1 Å². The van der Waals surface area contributed by atoms with E-state index in [-0.39, 0.29) is 11.7 Å². The number of aromatic nitrogens is 2. The highest BCUT2D eigenvalue weighted by molar-refractivity contribution is 5.97. The number of phenols is 1. The first kappa shape index (κ1) is 20.9. The van der Waals surface area contributed by atoms with Gasteiger partial charge in [0.05, 0.1) is 11.3 Å². The van der Waals surface area contributed by atoms with E-state index in [1.165, 1.54) is 0 Å². The van der Waals surface area contributed by atoms with Crippen molar-refractivity contribution < 1.29 is 33.0 Å². The molecule has 0 atom stereocenters. The Morgan fingerprint density at radius 2 is 1.80 bits per heavy atom. The summed E-state index contributed by atoms with van der Waals surface area (Å²) >= 11 is 0. The summed E-state index contributed by atoms with van der Waals surface area (Å²) in [4.78, 5) is 28.4. The van der Waals surface area contributed by atoms with Gasteiger partial charge in [-0.15, -0.1) is 0 Å². The van der Waals surface area contributed by atoms with Crippen LogP contribution in [0.25, 0.3) is 22.5 Å². The number of carboxylic acids is 1. The SMILES string of the molecule is O=C(O)C(F)(F)F.O=C1NCCc2[nH]c(-c3ccnc(-c4ccccc4O)c3)cc21. The fourth-order valence-corrected chi connectivity index (χ4v) is 2.88. The molecule has 7 nitrogen and oxygen atoms in total. The second-order valence-electron chi connectivity index (χ2n) is 6.33. The fourth-order valence-electron chi connectivity index (χ4n) is 2.88. The summed E-state index contributed by atoms with van der Waals surface area (Å²) in [6, 6.07) is 12.8. The van der Waals surface area contributed by atoms with Crippen molar-refractivity contribution in [3.63, 3.8) is 0 Å². The Kier molecular flexibility index (Phi) is 5.77. The molecule has 0 bridgehead atoms. The molecule has 30 heavy (non-hydrogen) atoms. The molecule has 2 aromatic heterocycles. The van der Waals surface area contributed by atoms with Gasteiger partial charge in [0.2, 0.25) is 0 Å². The van der Waals surface area contributed by atoms with Crippen LogP contribution in [0, 0.1) is 0 Å². The Morgan fingerprint density at radius 3 is 2.43 bits per heavy atom. The predicted molar refractivity (Wildman–Crippen MR) is 101 cm³/mol. The molecule has 0 unspecified atom stereocenters. The molecule has 3 aromatic rings. The smallest absolute Gasteiger partial charge is 0.490 e. The van der Waals surface area contributed by atoms with Gasteiger partial charge < -0.3 is 20.5 Å². The minimum atomic E-state index is -5.08. The van der Waals surface area contributed by atoms with Crippen LogP contribution in [0.1, 0.15) is 16.1 Å². The normalized spacial score (nSPS) is 13.0. The zero-order valence-corrected chi connectivity index (χ0v) is 15.3. The molecule has 4 N–H and O–H groups in total. The number of carbonyl (C=O) groups is 2. The molecule has 156 valence electrons. The molecule has 0 saturated heterocycles. The van der Waals surface area contributed by atoms with Crippen LogP contribution in [0.2, 0.25) is 0 Å². The van der Waals surface area contributed by atoms with Gasteiger partial charge >= 0.3 is 12.1 Å². The summed E-state index contributed by atoms with van der Waals surface area (Å²) < 4.78 is 31.7. The number of nitrogens with one attached hydrogen (secondary N) is 2. The summed E-state index contributed by atoms with van der Waals surface area (Å²) in [5.74, 6) is -2.60. The maximum atomic E-state index is 11.9. The lowest BCUT2D eigenvalue weighted by molar-refractivity contribution is -0.192. The number of pyridine rings is 1. The predicted octanol–water partition coefficient (Wildman–Crippen LogP) is 3.37. The van der Waals surface area contributed by atoms with Crippen molar-refractivity contribution in [3.8, 4) is 28.3 Å². The largest absolute Gasteiger partial charge is 0.507 e. The number of nitrogens with zero attached hydrogens (tertiary/aromatic N) is 1. The minimum Gasteiger partial charge on any atom is -0.507 e. The Balaban J connectivity index is 0.000000318. The Hall–Kier alpha value is -3.82. The van der Waals surface area contributed by atoms with E-state index in [1.54, 1.807) is 18.3 Å². The number of aromatic hydroxyl groups is 1. The van der Waals surface area contributed by atoms with Gasteiger partial charge in [0.1, 0.15) is 5.75 Å². The highest BCUT2D eigenvalue weighted by Crippen LogP contribution is 2.30. The first-order chi connectivity index (χ1) is 14.2. The monoisotopic (exact) mass is 419 g/mol. The van der Waals surface area contributed by atoms with Crippen LogP contribution >= 0.6 is 0 Å². The molecule has 0 fully saturated rings. The number of alkyl halides is 3. The summed E-state index contributed by atoms with van der Waals surface area (Å²) in [7, 11) is 0. The molecule has 1 aliphatic rings. The topological polar surface area (TPSA) is 115 Å². The highest BCUT2D eigenvalue weighted by atomic mass is 19.4. The minimum absolute atomic E-state index is 0.0382. The third-order valence-electron chi connectivity index (χ3n) is 4.30. The Morgan fingerprint density at radius 1 is 1.10 bits per heavy atom. The number of fused-ring (bicyclic) bond motifs is 1. The number of aliphatic carboxylic acids is 1. The lowest BCUT2D eigenvalue weighted by Gasteiger charge is -2.11. The van der Waals surface area contributed by atoms with Crippen LogP contribution in [0.4, 0.5) is 13.2 Å². The zero-order chi connectivity index (χ0) is 21.9. The van der Waals surface area contributed by atoms with E-state index in [0.29, 0.717) is 23.4 Å². The summed E-state index contributed by atoms with van der Waals surface area (Å²) in [6.45, 7) is 0.658. The lowest BCUT2D eigenvalue weighted by atomic mass is 10.1. The number of benzene rings is 1. The molecule has 1 aromatic carbocycles. The van der Waals surface area contributed by atoms with Gasteiger partial charge in [-0.2, -0.15) is 13.2 Å². The van der Waals surface area contributed by atoms with Gasteiger partial charge in [-0.25, -0.2) is 4.79 Å². The van der Waals surface area contributed by atoms with Gasteiger partial charge in [0, 0.05) is 41.7 Å². The maximum Gasteiger partial charge on any atom is 0.490 e. The number of carboxylic acid groups (broad SMARTS) is 1. The third-order valence-corrected chi connectivity index (χ3v) is 4.30. The maximum absolute atomic E-state index is 11.9. The highest BCUT2D eigenvalue weighted by Gasteiger charge is 2.38. The summed E-state index contributed by atoms with van der Waals surface area (Å²) in [5, 5.41) is 20.0. The van der Waals surface area contributed by atoms with Crippen molar-refractivity contribution in [1.29, 1.82) is 0 Å². The van der Waals surface area contributed by atoms with E-state index >= 15 is 0 Å². The van der Waals surface area contributed by atoms with E-state index in [9.17, 15) is 23.1 Å². The van der Waals surface area contributed by atoms with Gasteiger partial charge in [-0.05, 0) is 30.3 Å². The number of carbonyl (C=O) groups excluding carboxylic acids is 1. The number of hydrogen-bond acceptors (Lipinski definition) is 4. The van der Waals surface area contributed by atoms with Gasteiger partial charge in [-0.3, -0.25) is 9.78 Å². The van der Waals surface area contributed by atoms with Crippen LogP contribution in [0.3, 0.4) is 0 Å². The molecule has 3 heterocycles. The Labute approximate surface area is 168 Å². The van der Waals surface area contributed by atoms with Crippen LogP contribution in [0.15, 0.2) is 48.7 Å². The zero-order valence-electron chi connectivity index (χ0n) is 15.3. The van der Waals surface area contributed by atoms with Gasteiger partial charge in [0.15, 0.2) is 0 Å². The first-order valence-electron chi connectivity index (χ1n) is 8.72. The standard InChI is InChI=1S/C18H15N3O2.C2HF3O2/c22-17-4-2-1-3-12(17)16-9-11(5-7-19-16)15-10-13-14(21-15)6-8-20-18(13)23;3-2(4,5)1(6)7/h1-5,7,9-10,21-22H,6,8H2,(H,20,23);(H,6,7). The number of aromatic amines is 1. The number of hydrogen-bond donors (Lipinski definition) is 4. The van der Waals surface area contributed by atoms with Crippen LogP contribution < -0.4 is 5.32 Å². The third kappa shape index (κ3) is 4.59. The van der Waals surface area contributed by atoms with E-state index in [1.807, 2.05) is 30.3 Å². The van der Waals surface area contributed by atoms with E-state index in [0.717, 1.165) is 23.4 Å². The van der Waals surface area contributed by atoms with Crippen molar-refractivity contribution in [1.82, 2.24) is 15.3 Å². The number of para-hydroxylation sites is 1. The van der Waals surface area contributed by atoms with Crippen LogP contribution in [0.5, 0.6) is 5.75 Å². The number of phenolic OH excluding ortho intramolecular Hbond substituents is 1. The molecule has 0 aliphatic carbocycles. The molecule has 1 aliphatic heterocycles. The van der Waals surface area contributed by atoms with E-state index in [2.05, 4.69) is 15.3 Å². The number of H-pyrrole nitrogens is 1. The van der Waals surface area contributed by atoms with Crippen LogP contribution in [-0.4, -0.2) is 44.8 Å². The van der Waals surface area contributed by atoms with Crippen molar-refractivity contribution in [2.75, 3.05) is 6.54 Å². The second kappa shape index (κ2) is 8.27. The fraction of sp³-hybridized carbons (Fsp3) is 0.150. The van der Waals surface area contributed by atoms with Gasteiger partial charge in [-0.1, -0.05) is 12.1 Å². The van der Waals surface area contributed by atoms with Crippen molar-refractivity contribution in [3.05, 3.63) is 59.9 Å². The molecule has 0 spiro atoms. The molecule has 1 amide bonds. The molecule has 10 heteroatoms. The quantitative estimate of drug-likeness (QED) is 0.508. The summed E-state index contributed by atoms with van der Waals surface area (Å²) in [6.07, 6.45) is -2.57. The second-order valence-corrected chi connectivity index (χ2v) is 6.33. The van der Waals surface area contributed by atoms with E-state index in [4.69, 9.17) is 9.90 Å². The molecular weight excluding hydrogens is 403 g/mol. The first-order valence-corrected chi connectivity index (χ1v) is 8.72. The lowest BCUT2D eigenvalue weighted by Crippen LogP contribution is -2.31. The molecule has 0 saturated carbocycles. The number of rotatable bonds is 2. The average Bonchev–Trinajstić information content (AvgIpc) is 3.14. The number of amides is 1. The summed E-state index contributed by atoms with van der Waals surface area (Å²) in [5.41, 5.74) is 4.85. The average molecular weight is 419 g/mol. The van der Waals surface area contributed by atoms with Crippen molar-refractivity contribution in [2.45, 2.75) is 12.6 Å². The van der Waals surface area contributed by atoms with Gasteiger partial charge in [0.25, 0.3) is 5.91 Å². The number of halogens is 3. The molecule has 0 radical (unpaired) electrons. The molecular formula is C20H16F3N3O4. The van der Waals surface area contributed by atoms with Crippen molar-refractivity contribution >= 4 is 11.9 Å². The molecule has 4 rings (SSSR count). The Bertz CT molecular complexity index is 1090.